The zero-order valence-electron chi connectivity index (χ0n) is 15.3. The fourth-order valence-corrected chi connectivity index (χ4v) is 4.53. The van der Waals surface area contributed by atoms with E-state index in [4.69, 9.17) is 0 Å². The highest BCUT2D eigenvalue weighted by Gasteiger charge is 2.18. The van der Waals surface area contributed by atoms with Crippen LogP contribution < -0.4 is 0 Å². The molecule has 0 N–H and O–H groups in total. The van der Waals surface area contributed by atoms with Crippen LogP contribution in [0.3, 0.4) is 0 Å². The van der Waals surface area contributed by atoms with Crippen LogP contribution in [0.15, 0.2) is 11.4 Å². The number of thioether (sulfide) groups is 1. The van der Waals surface area contributed by atoms with Crippen LogP contribution in [0, 0.1) is 13.8 Å². The molecule has 136 valence electrons. The number of nitrogens with zero attached hydrogens (tertiary/aromatic N) is 4. The molecule has 0 radical (unpaired) electrons. The number of amides is 2. The summed E-state index contributed by atoms with van der Waals surface area (Å²) in [5.41, 5.74) is 1.17. The second kappa shape index (κ2) is 8.62. The van der Waals surface area contributed by atoms with Crippen LogP contribution >= 0.6 is 23.1 Å². The van der Waals surface area contributed by atoms with E-state index in [0.717, 1.165) is 15.2 Å². The van der Waals surface area contributed by atoms with Crippen LogP contribution in [0.4, 0.5) is 0 Å². The van der Waals surface area contributed by atoms with E-state index in [1.54, 1.807) is 23.3 Å². The summed E-state index contributed by atoms with van der Waals surface area (Å²) in [5, 5.41) is 1.85. The lowest BCUT2D eigenvalue weighted by atomic mass is 10.2. The van der Waals surface area contributed by atoms with Gasteiger partial charge in [0.25, 0.3) is 0 Å². The van der Waals surface area contributed by atoms with E-state index in [0.29, 0.717) is 13.1 Å². The fraction of sp³-hybridized carbons (Fsp3) is 0.529. The third-order valence-electron chi connectivity index (χ3n) is 4.18. The lowest BCUT2D eigenvalue weighted by Crippen LogP contribution is -2.41. The van der Waals surface area contributed by atoms with E-state index >= 15 is 0 Å². The molecular weight excluding hydrogens is 356 g/mol. The van der Waals surface area contributed by atoms with Crippen molar-refractivity contribution in [3.05, 3.63) is 16.8 Å². The van der Waals surface area contributed by atoms with E-state index in [1.165, 1.54) is 33.4 Å². The van der Waals surface area contributed by atoms with E-state index in [9.17, 15) is 9.59 Å². The van der Waals surface area contributed by atoms with E-state index in [1.807, 2.05) is 13.8 Å². The standard InChI is InChI=1S/C17H24N4O2S2/c1-6-21(7-2)13(22)8-20(5)14(23)9-24-16-15-11(3)12(4)25-17(15)19-10-18-16/h10H,6-9H2,1-5H3. The van der Waals surface area contributed by atoms with Gasteiger partial charge in [0.05, 0.1) is 12.3 Å². The van der Waals surface area contributed by atoms with Gasteiger partial charge in [0.15, 0.2) is 0 Å². The first-order valence-electron chi connectivity index (χ1n) is 8.24. The van der Waals surface area contributed by atoms with Crippen molar-refractivity contribution in [2.45, 2.75) is 32.7 Å². The third-order valence-corrected chi connectivity index (χ3v) is 6.27. The maximum absolute atomic E-state index is 12.4. The van der Waals surface area contributed by atoms with Gasteiger partial charge in [-0.15, -0.1) is 11.3 Å². The zero-order valence-corrected chi connectivity index (χ0v) is 17.0. The van der Waals surface area contributed by atoms with Crippen LogP contribution in [0.1, 0.15) is 24.3 Å². The van der Waals surface area contributed by atoms with Crippen LogP contribution in [0.5, 0.6) is 0 Å². The number of aromatic nitrogens is 2. The number of fused-ring (bicyclic) bond motifs is 1. The molecule has 2 heterocycles. The summed E-state index contributed by atoms with van der Waals surface area (Å²) in [7, 11) is 1.67. The minimum atomic E-state index is -0.0816. The number of thiophene rings is 1. The molecule has 2 aromatic rings. The predicted molar refractivity (Wildman–Crippen MR) is 103 cm³/mol. The maximum atomic E-state index is 12.4. The SMILES string of the molecule is CCN(CC)C(=O)CN(C)C(=O)CSc1ncnc2sc(C)c(C)c12. The maximum Gasteiger partial charge on any atom is 0.242 e. The van der Waals surface area contributed by atoms with Crippen LogP contribution in [-0.4, -0.2) is 64.0 Å². The van der Waals surface area contributed by atoms with Crippen molar-refractivity contribution in [2.75, 3.05) is 32.4 Å². The Hall–Kier alpha value is -1.67. The van der Waals surface area contributed by atoms with Crippen molar-refractivity contribution in [1.29, 1.82) is 0 Å². The smallest absolute Gasteiger partial charge is 0.242 e. The Bertz CT molecular complexity index is 771. The molecule has 2 rings (SSSR count). The van der Waals surface area contributed by atoms with Crippen molar-refractivity contribution >= 4 is 45.1 Å². The molecule has 0 atom stereocenters. The quantitative estimate of drug-likeness (QED) is 0.546. The first-order valence-corrected chi connectivity index (χ1v) is 10.0. The number of hydrogen-bond acceptors (Lipinski definition) is 6. The molecule has 2 amide bonds. The number of carbonyl (C=O) groups excluding carboxylic acids is 2. The zero-order chi connectivity index (χ0) is 18.6. The van der Waals surface area contributed by atoms with Crippen LogP contribution in [0.25, 0.3) is 10.2 Å². The number of likely N-dealkylation sites (N-methyl/N-ethyl adjacent to an activating group) is 2. The monoisotopic (exact) mass is 380 g/mol. The molecule has 0 aromatic carbocycles. The van der Waals surface area contributed by atoms with Crippen molar-refractivity contribution in [1.82, 2.24) is 19.8 Å². The average molecular weight is 381 g/mol. The summed E-state index contributed by atoms with van der Waals surface area (Å²) in [5.74, 6) is 0.143. The van der Waals surface area contributed by atoms with Gasteiger partial charge in [-0.2, -0.15) is 0 Å². The molecule has 0 fully saturated rings. The van der Waals surface area contributed by atoms with Crippen LogP contribution in [-0.2, 0) is 9.59 Å². The van der Waals surface area contributed by atoms with Crippen molar-refractivity contribution in [2.24, 2.45) is 0 Å². The lowest BCUT2D eigenvalue weighted by molar-refractivity contribution is -0.137. The number of carbonyl (C=O) groups is 2. The Labute approximate surface area is 156 Å². The van der Waals surface area contributed by atoms with Gasteiger partial charge in [-0.3, -0.25) is 9.59 Å². The van der Waals surface area contributed by atoms with Gasteiger partial charge in [-0.05, 0) is 33.3 Å². The highest BCUT2D eigenvalue weighted by Crippen LogP contribution is 2.34. The molecular formula is C17H24N4O2S2. The minimum absolute atomic E-state index is 0.0282. The summed E-state index contributed by atoms with van der Waals surface area (Å²) >= 11 is 3.04. The molecule has 0 aliphatic rings. The molecule has 0 unspecified atom stereocenters. The molecule has 6 nitrogen and oxygen atoms in total. The van der Waals surface area contributed by atoms with Gasteiger partial charge in [0.1, 0.15) is 16.2 Å². The van der Waals surface area contributed by atoms with E-state index < -0.39 is 0 Å². The summed E-state index contributed by atoms with van der Waals surface area (Å²) in [6.07, 6.45) is 1.54. The molecule has 25 heavy (non-hydrogen) atoms. The number of aryl methyl sites for hydroxylation is 2. The molecule has 0 spiro atoms. The summed E-state index contributed by atoms with van der Waals surface area (Å²) in [6, 6.07) is 0. The molecule has 0 bridgehead atoms. The Balaban J connectivity index is 2.01. The highest BCUT2D eigenvalue weighted by atomic mass is 32.2. The van der Waals surface area contributed by atoms with Crippen molar-refractivity contribution < 1.29 is 9.59 Å². The highest BCUT2D eigenvalue weighted by molar-refractivity contribution is 8.00. The second-order valence-corrected chi connectivity index (χ2v) is 7.91. The first kappa shape index (κ1) is 19.7. The second-order valence-electron chi connectivity index (χ2n) is 5.75. The van der Waals surface area contributed by atoms with Gasteiger partial charge >= 0.3 is 0 Å². The van der Waals surface area contributed by atoms with Gasteiger partial charge in [0, 0.05) is 30.4 Å². The summed E-state index contributed by atoms with van der Waals surface area (Å²) in [6.45, 7) is 9.40. The van der Waals surface area contributed by atoms with Gasteiger partial charge in [0.2, 0.25) is 11.8 Å². The molecule has 0 saturated heterocycles. The van der Waals surface area contributed by atoms with Gasteiger partial charge < -0.3 is 9.80 Å². The molecule has 0 aliphatic carbocycles. The Morgan fingerprint density at radius 1 is 1.16 bits per heavy atom. The number of rotatable bonds is 7. The average Bonchev–Trinajstić information content (AvgIpc) is 2.88. The molecule has 0 aliphatic heterocycles. The van der Waals surface area contributed by atoms with Gasteiger partial charge in [-0.25, -0.2) is 9.97 Å². The Morgan fingerprint density at radius 2 is 1.84 bits per heavy atom. The van der Waals surface area contributed by atoms with Crippen LogP contribution in [0.2, 0.25) is 0 Å². The van der Waals surface area contributed by atoms with E-state index in [-0.39, 0.29) is 24.1 Å². The Kier molecular flexibility index (Phi) is 6.78. The summed E-state index contributed by atoms with van der Waals surface area (Å²) in [4.78, 5) is 38.5. The lowest BCUT2D eigenvalue weighted by Gasteiger charge is -2.23. The molecule has 0 saturated carbocycles. The number of hydrogen-bond donors (Lipinski definition) is 0. The van der Waals surface area contributed by atoms with Crippen molar-refractivity contribution in [3.8, 4) is 0 Å². The summed E-state index contributed by atoms with van der Waals surface area (Å²) < 4.78 is 0. The minimum Gasteiger partial charge on any atom is -0.342 e. The fourth-order valence-electron chi connectivity index (χ4n) is 2.47. The first-order chi connectivity index (χ1) is 11.9. The Morgan fingerprint density at radius 3 is 2.48 bits per heavy atom. The molecule has 2 aromatic heterocycles. The molecule has 8 heteroatoms. The van der Waals surface area contributed by atoms with E-state index in [2.05, 4.69) is 23.8 Å². The van der Waals surface area contributed by atoms with Gasteiger partial charge in [-0.1, -0.05) is 11.8 Å². The normalized spacial score (nSPS) is 10.9. The third kappa shape index (κ3) is 4.49. The topological polar surface area (TPSA) is 66.4 Å². The van der Waals surface area contributed by atoms with Crippen molar-refractivity contribution in [3.63, 3.8) is 0 Å². The largest absolute Gasteiger partial charge is 0.342 e. The predicted octanol–water partition coefficient (Wildman–Crippen LogP) is 2.73.